The Kier molecular flexibility index (Phi) is 5.54. The molecular formula is C19H21ClN4O2. The van der Waals surface area contributed by atoms with Gasteiger partial charge in [-0.25, -0.2) is 0 Å². The van der Waals surface area contributed by atoms with Gasteiger partial charge in [-0.05, 0) is 23.3 Å². The smallest absolute Gasteiger partial charge is 0.254 e. The van der Waals surface area contributed by atoms with E-state index >= 15 is 0 Å². The number of halogens is 1. The number of hydrogen-bond donors (Lipinski definition) is 1. The van der Waals surface area contributed by atoms with Crippen molar-refractivity contribution in [2.24, 2.45) is 0 Å². The first-order chi connectivity index (χ1) is 12.2. The highest BCUT2D eigenvalue weighted by Crippen LogP contribution is 2.25. The summed E-state index contributed by atoms with van der Waals surface area (Å²) in [5.74, 6) is -0.0754. The van der Waals surface area contributed by atoms with E-state index in [0.29, 0.717) is 25.2 Å². The van der Waals surface area contributed by atoms with Crippen molar-refractivity contribution >= 4 is 24.2 Å². The van der Waals surface area contributed by atoms with Gasteiger partial charge in [-0.15, -0.1) is 12.4 Å². The molecule has 2 aliphatic heterocycles. The van der Waals surface area contributed by atoms with Gasteiger partial charge < -0.3 is 15.1 Å². The summed E-state index contributed by atoms with van der Waals surface area (Å²) in [6, 6.07) is 11.4. The predicted molar refractivity (Wildman–Crippen MR) is 100.0 cm³/mol. The van der Waals surface area contributed by atoms with E-state index in [4.69, 9.17) is 0 Å². The highest BCUT2D eigenvalue weighted by atomic mass is 35.5. The third kappa shape index (κ3) is 3.43. The van der Waals surface area contributed by atoms with E-state index in [9.17, 15) is 9.59 Å². The van der Waals surface area contributed by atoms with E-state index in [2.05, 4.69) is 10.3 Å². The van der Waals surface area contributed by atoms with Crippen LogP contribution in [0.4, 0.5) is 0 Å². The lowest BCUT2D eigenvalue weighted by molar-refractivity contribution is -0.135. The summed E-state index contributed by atoms with van der Waals surface area (Å²) in [6.07, 6.45) is 3.53. The zero-order valence-corrected chi connectivity index (χ0v) is 15.1. The highest BCUT2D eigenvalue weighted by Gasteiger charge is 2.33. The molecule has 1 aromatic carbocycles. The molecule has 2 aromatic rings. The minimum Gasteiger partial charge on any atom is -0.331 e. The maximum Gasteiger partial charge on any atom is 0.254 e. The standard InChI is InChI=1S/C19H20N4O2.ClH/c24-18(13-22-12-15-4-1-2-6-16(15)19(22)25)23-9-8-21-11-17(23)14-5-3-7-20-10-14;/h1-7,10,17,21H,8-9,11-13H2;1H. The first-order valence-corrected chi connectivity index (χ1v) is 8.51. The summed E-state index contributed by atoms with van der Waals surface area (Å²) in [5, 5.41) is 3.33. The van der Waals surface area contributed by atoms with Crippen LogP contribution in [0.25, 0.3) is 0 Å². The van der Waals surface area contributed by atoms with Crippen LogP contribution in [0.2, 0.25) is 0 Å². The number of aromatic nitrogens is 1. The molecule has 1 atom stereocenters. The number of rotatable bonds is 3. The van der Waals surface area contributed by atoms with Gasteiger partial charge in [0.15, 0.2) is 0 Å². The quantitative estimate of drug-likeness (QED) is 0.889. The molecule has 0 radical (unpaired) electrons. The number of carbonyl (C=O) groups excluding carboxylic acids is 2. The predicted octanol–water partition coefficient (Wildman–Crippen LogP) is 1.63. The molecule has 0 aliphatic carbocycles. The fourth-order valence-corrected chi connectivity index (χ4v) is 3.57. The first kappa shape index (κ1) is 18.4. The van der Waals surface area contributed by atoms with Crippen molar-refractivity contribution in [3.8, 4) is 0 Å². The number of benzene rings is 1. The molecule has 0 saturated carbocycles. The molecule has 6 nitrogen and oxygen atoms in total. The Morgan fingerprint density at radius 3 is 2.85 bits per heavy atom. The molecule has 0 bridgehead atoms. The number of nitrogens with one attached hydrogen (secondary N) is 1. The topological polar surface area (TPSA) is 65.5 Å². The molecule has 2 aliphatic rings. The van der Waals surface area contributed by atoms with Gasteiger partial charge >= 0.3 is 0 Å². The fourth-order valence-electron chi connectivity index (χ4n) is 3.57. The maximum absolute atomic E-state index is 12.9. The van der Waals surface area contributed by atoms with Crippen LogP contribution in [-0.2, 0) is 11.3 Å². The molecule has 0 spiro atoms. The van der Waals surface area contributed by atoms with Crippen molar-refractivity contribution in [2.45, 2.75) is 12.6 Å². The van der Waals surface area contributed by atoms with E-state index in [-0.39, 0.29) is 36.8 Å². The lowest BCUT2D eigenvalue weighted by Gasteiger charge is -2.37. The van der Waals surface area contributed by atoms with Crippen molar-refractivity contribution in [1.29, 1.82) is 0 Å². The van der Waals surface area contributed by atoms with Crippen molar-refractivity contribution in [3.63, 3.8) is 0 Å². The molecule has 1 fully saturated rings. The van der Waals surface area contributed by atoms with Gasteiger partial charge in [0.1, 0.15) is 6.54 Å². The molecule has 2 amide bonds. The normalized spacial score (nSPS) is 19.1. The largest absolute Gasteiger partial charge is 0.331 e. The van der Waals surface area contributed by atoms with Gasteiger partial charge in [0.25, 0.3) is 5.91 Å². The number of nitrogens with zero attached hydrogens (tertiary/aromatic N) is 3. The van der Waals surface area contributed by atoms with Gasteiger partial charge in [-0.1, -0.05) is 24.3 Å². The van der Waals surface area contributed by atoms with E-state index in [1.807, 2.05) is 41.3 Å². The van der Waals surface area contributed by atoms with Crippen LogP contribution in [0.1, 0.15) is 27.5 Å². The second-order valence-corrected chi connectivity index (χ2v) is 6.41. The molecule has 3 heterocycles. The Balaban J connectivity index is 0.00000196. The second-order valence-electron chi connectivity index (χ2n) is 6.41. The number of fused-ring (bicyclic) bond motifs is 1. The molecule has 1 N–H and O–H groups in total. The van der Waals surface area contributed by atoms with Crippen LogP contribution in [0.5, 0.6) is 0 Å². The Morgan fingerprint density at radius 2 is 2.08 bits per heavy atom. The molecule has 136 valence electrons. The summed E-state index contributed by atoms with van der Waals surface area (Å²) in [6.45, 7) is 2.71. The van der Waals surface area contributed by atoms with Crippen LogP contribution in [0.3, 0.4) is 0 Å². The van der Waals surface area contributed by atoms with Crippen LogP contribution >= 0.6 is 12.4 Å². The fraction of sp³-hybridized carbons (Fsp3) is 0.316. The number of hydrogen-bond acceptors (Lipinski definition) is 4. The van der Waals surface area contributed by atoms with Gasteiger partial charge in [0.05, 0.1) is 6.04 Å². The lowest BCUT2D eigenvalue weighted by atomic mass is 10.1. The van der Waals surface area contributed by atoms with Crippen molar-refractivity contribution in [2.75, 3.05) is 26.2 Å². The SMILES string of the molecule is Cl.O=C1c2ccccc2CN1CC(=O)N1CCNCC1c1cccnc1. The van der Waals surface area contributed by atoms with E-state index in [1.54, 1.807) is 17.3 Å². The van der Waals surface area contributed by atoms with Gasteiger partial charge in [-0.3, -0.25) is 14.6 Å². The minimum absolute atomic E-state index is 0. The summed E-state index contributed by atoms with van der Waals surface area (Å²) in [5.41, 5.74) is 2.71. The van der Waals surface area contributed by atoms with Crippen molar-refractivity contribution in [3.05, 3.63) is 65.5 Å². The summed E-state index contributed by atoms with van der Waals surface area (Å²) in [7, 11) is 0. The Labute approximate surface area is 158 Å². The number of amides is 2. The average Bonchev–Trinajstić information content (AvgIpc) is 2.98. The minimum atomic E-state index is -0.0583. The Morgan fingerprint density at radius 1 is 1.23 bits per heavy atom. The third-order valence-corrected chi connectivity index (χ3v) is 4.86. The first-order valence-electron chi connectivity index (χ1n) is 8.51. The maximum atomic E-state index is 12.9. The van der Waals surface area contributed by atoms with Crippen LogP contribution < -0.4 is 5.32 Å². The zero-order chi connectivity index (χ0) is 17.2. The Bertz CT molecular complexity index is 799. The number of piperazine rings is 1. The summed E-state index contributed by atoms with van der Waals surface area (Å²) < 4.78 is 0. The van der Waals surface area contributed by atoms with Crippen LogP contribution in [-0.4, -0.2) is 52.8 Å². The van der Waals surface area contributed by atoms with Gasteiger partial charge in [0.2, 0.25) is 5.91 Å². The van der Waals surface area contributed by atoms with E-state index < -0.39 is 0 Å². The lowest BCUT2D eigenvalue weighted by Crippen LogP contribution is -2.51. The monoisotopic (exact) mass is 372 g/mol. The molecule has 1 unspecified atom stereocenters. The van der Waals surface area contributed by atoms with E-state index in [0.717, 1.165) is 17.7 Å². The Hall–Kier alpha value is -2.44. The number of pyridine rings is 1. The molecule has 4 rings (SSSR count). The molecule has 1 aromatic heterocycles. The van der Waals surface area contributed by atoms with Crippen molar-refractivity contribution < 1.29 is 9.59 Å². The van der Waals surface area contributed by atoms with E-state index in [1.165, 1.54) is 0 Å². The highest BCUT2D eigenvalue weighted by molar-refractivity contribution is 6.00. The second kappa shape index (κ2) is 7.85. The van der Waals surface area contributed by atoms with Crippen LogP contribution in [0.15, 0.2) is 48.8 Å². The number of carbonyl (C=O) groups is 2. The molecule has 1 saturated heterocycles. The van der Waals surface area contributed by atoms with Crippen LogP contribution in [0, 0.1) is 0 Å². The summed E-state index contributed by atoms with van der Waals surface area (Å²) >= 11 is 0. The van der Waals surface area contributed by atoms with Gasteiger partial charge in [0, 0.05) is 44.1 Å². The zero-order valence-electron chi connectivity index (χ0n) is 14.3. The van der Waals surface area contributed by atoms with Crippen molar-refractivity contribution in [1.82, 2.24) is 20.1 Å². The third-order valence-electron chi connectivity index (χ3n) is 4.86. The average molecular weight is 373 g/mol. The molecular weight excluding hydrogens is 352 g/mol. The summed E-state index contributed by atoms with van der Waals surface area (Å²) in [4.78, 5) is 33.1. The molecule has 7 heteroatoms. The molecule has 26 heavy (non-hydrogen) atoms. The van der Waals surface area contributed by atoms with Gasteiger partial charge in [-0.2, -0.15) is 0 Å².